The van der Waals surface area contributed by atoms with Crippen molar-refractivity contribution in [2.45, 2.75) is 33.4 Å². The summed E-state index contributed by atoms with van der Waals surface area (Å²) in [5.41, 5.74) is 2.80. The third kappa shape index (κ3) is 4.71. The van der Waals surface area contributed by atoms with E-state index in [9.17, 15) is 9.65 Å². The molecule has 1 aliphatic heterocycles. The van der Waals surface area contributed by atoms with Crippen molar-refractivity contribution in [2.24, 2.45) is 5.41 Å². The van der Waals surface area contributed by atoms with Crippen LogP contribution in [0.2, 0.25) is 0 Å². The fourth-order valence-corrected chi connectivity index (χ4v) is 3.47. The van der Waals surface area contributed by atoms with Gasteiger partial charge in [0.2, 0.25) is 0 Å². The molecule has 7 heteroatoms. The van der Waals surface area contributed by atoms with Crippen LogP contribution in [0.1, 0.15) is 37.9 Å². The van der Waals surface area contributed by atoms with Gasteiger partial charge in [0.25, 0.3) is 0 Å². The molecule has 0 aromatic heterocycles. The Labute approximate surface area is 181 Å². The molecule has 2 N–H and O–H groups in total. The number of methoxy groups -OCH3 is 1. The molecule has 0 radical (unpaired) electrons. The Kier molecular flexibility index (Phi) is 6.28. The highest BCUT2D eigenvalue weighted by atomic mass is 32.1. The number of allylic oxidation sites excluding steroid dienone is 1. The third-order valence-corrected chi connectivity index (χ3v) is 4.99. The minimum Gasteiger partial charge on any atom is -0.493 e. The summed E-state index contributed by atoms with van der Waals surface area (Å²) in [6.45, 7) is 6.38. The van der Waals surface area contributed by atoms with E-state index < -0.39 is 6.04 Å². The Morgan fingerprint density at radius 3 is 2.43 bits per heavy atom. The molecule has 0 bridgehead atoms. The second-order valence-corrected chi connectivity index (χ2v) is 8.42. The molecule has 2 aromatic rings. The molecule has 156 valence electrons. The lowest BCUT2D eigenvalue weighted by atomic mass is 9.84. The van der Waals surface area contributed by atoms with Gasteiger partial charge in [-0.2, -0.15) is 5.26 Å². The van der Waals surface area contributed by atoms with E-state index in [0.29, 0.717) is 22.2 Å². The monoisotopic (exact) mass is 425 g/mol. The van der Waals surface area contributed by atoms with Crippen LogP contribution in [-0.2, 0) is 6.61 Å². The molecule has 0 amide bonds. The Morgan fingerprint density at radius 1 is 1.13 bits per heavy atom. The second-order valence-electron chi connectivity index (χ2n) is 8.01. The molecule has 0 spiro atoms. The van der Waals surface area contributed by atoms with E-state index in [1.54, 1.807) is 25.3 Å². The molecule has 5 nitrogen and oxygen atoms in total. The highest BCUT2D eigenvalue weighted by Crippen LogP contribution is 2.37. The topological polar surface area (TPSA) is 66.3 Å². The Balaban J connectivity index is 1.90. The lowest BCUT2D eigenvalue weighted by molar-refractivity contribution is 0.284. The van der Waals surface area contributed by atoms with Crippen molar-refractivity contribution < 1.29 is 13.9 Å². The minimum atomic E-state index is -0.391. The molecule has 1 atom stereocenters. The predicted octanol–water partition coefficient (Wildman–Crippen LogP) is 4.76. The maximum atomic E-state index is 13.1. The minimum absolute atomic E-state index is 0.266. The number of ether oxygens (including phenoxy) is 2. The van der Waals surface area contributed by atoms with Gasteiger partial charge in [-0.25, -0.2) is 4.39 Å². The average molecular weight is 426 g/mol. The van der Waals surface area contributed by atoms with E-state index in [2.05, 4.69) is 16.7 Å². The summed E-state index contributed by atoms with van der Waals surface area (Å²) in [5, 5.41) is 16.6. The van der Waals surface area contributed by atoms with E-state index in [4.69, 9.17) is 21.7 Å². The van der Waals surface area contributed by atoms with E-state index >= 15 is 0 Å². The summed E-state index contributed by atoms with van der Waals surface area (Å²) in [6.07, 6.45) is 0. The molecule has 3 rings (SSSR count). The summed E-state index contributed by atoms with van der Waals surface area (Å²) in [4.78, 5) is 0. The lowest BCUT2D eigenvalue weighted by Gasteiger charge is -2.35. The first kappa shape index (κ1) is 21.6. The SMILES string of the molecule is COc1cc([C@H]2NC(=S)NC(C(C)(C)C)=C2C#N)ccc1OCc1ccc(F)cc1. The molecular weight excluding hydrogens is 401 g/mol. The molecule has 2 aromatic carbocycles. The normalized spacial score (nSPS) is 16.4. The molecular formula is C23H24FN3O2S. The number of thiocarbonyl (C=S) groups is 1. The number of nitrogens with one attached hydrogen (secondary N) is 2. The summed E-state index contributed by atoms with van der Waals surface area (Å²) < 4.78 is 24.4. The average Bonchev–Trinajstić information content (AvgIpc) is 2.72. The number of nitrogens with zero attached hydrogens (tertiary/aromatic N) is 1. The zero-order valence-corrected chi connectivity index (χ0v) is 18.2. The fourth-order valence-electron chi connectivity index (χ4n) is 3.25. The van der Waals surface area contributed by atoms with Crippen molar-refractivity contribution in [3.63, 3.8) is 0 Å². The van der Waals surface area contributed by atoms with Gasteiger partial charge in [-0.3, -0.25) is 0 Å². The first-order valence-electron chi connectivity index (χ1n) is 9.50. The van der Waals surface area contributed by atoms with Gasteiger partial charge in [-0.15, -0.1) is 0 Å². The van der Waals surface area contributed by atoms with Crippen LogP contribution >= 0.6 is 12.2 Å². The molecule has 1 heterocycles. The number of nitriles is 1. The number of benzene rings is 2. The number of halogens is 1. The Hall–Kier alpha value is -3.11. The van der Waals surface area contributed by atoms with E-state index in [1.807, 2.05) is 32.9 Å². The van der Waals surface area contributed by atoms with Crippen molar-refractivity contribution in [3.05, 3.63) is 70.7 Å². The van der Waals surface area contributed by atoms with Crippen LogP contribution in [0.5, 0.6) is 11.5 Å². The largest absolute Gasteiger partial charge is 0.493 e. The molecule has 0 unspecified atom stereocenters. The van der Waals surface area contributed by atoms with Crippen LogP contribution in [0.3, 0.4) is 0 Å². The van der Waals surface area contributed by atoms with Gasteiger partial charge in [0, 0.05) is 11.1 Å². The number of hydrogen-bond donors (Lipinski definition) is 2. The quantitative estimate of drug-likeness (QED) is 0.674. The van der Waals surface area contributed by atoms with E-state index in [0.717, 1.165) is 16.8 Å². The summed E-state index contributed by atoms with van der Waals surface area (Å²) >= 11 is 5.37. The third-order valence-electron chi connectivity index (χ3n) is 4.77. The maximum Gasteiger partial charge on any atom is 0.171 e. The van der Waals surface area contributed by atoms with Crippen LogP contribution in [0, 0.1) is 22.6 Å². The smallest absolute Gasteiger partial charge is 0.171 e. The van der Waals surface area contributed by atoms with Crippen molar-refractivity contribution in [1.29, 1.82) is 5.26 Å². The standard InChI is InChI=1S/C23H24FN3O2S/c1-23(2,3)21-17(12-25)20(26-22(30)27-21)15-7-10-18(19(11-15)28-4)29-13-14-5-8-16(24)9-6-14/h5-11,20H,13H2,1-4H3,(H2,26,27,30)/t20-/m1/s1. The van der Waals surface area contributed by atoms with Gasteiger partial charge in [0.05, 0.1) is 24.8 Å². The summed E-state index contributed by atoms with van der Waals surface area (Å²) in [7, 11) is 1.56. The van der Waals surface area contributed by atoms with Crippen molar-refractivity contribution in [3.8, 4) is 17.6 Å². The molecule has 1 aliphatic rings. The van der Waals surface area contributed by atoms with E-state index in [1.165, 1.54) is 12.1 Å². The predicted molar refractivity (Wildman–Crippen MR) is 117 cm³/mol. The van der Waals surface area contributed by atoms with Crippen LogP contribution < -0.4 is 20.1 Å². The van der Waals surface area contributed by atoms with Crippen LogP contribution in [0.15, 0.2) is 53.7 Å². The molecule has 0 saturated heterocycles. The molecule has 30 heavy (non-hydrogen) atoms. The van der Waals surface area contributed by atoms with E-state index in [-0.39, 0.29) is 17.8 Å². The van der Waals surface area contributed by atoms with Crippen molar-refractivity contribution in [2.75, 3.05) is 7.11 Å². The summed E-state index contributed by atoms with van der Waals surface area (Å²) in [5.74, 6) is 0.806. The fraction of sp³-hybridized carbons (Fsp3) is 0.304. The molecule has 0 saturated carbocycles. The molecule has 0 fully saturated rings. The number of hydrogen-bond acceptors (Lipinski definition) is 4. The van der Waals surface area contributed by atoms with Crippen LogP contribution in [-0.4, -0.2) is 12.2 Å². The lowest BCUT2D eigenvalue weighted by Crippen LogP contribution is -2.46. The highest BCUT2D eigenvalue weighted by molar-refractivity contribution is 7.80. The van der Waals surface area contributed by atoms with Gasteiger partial charge >= 0.3 is 0 Å². The van der Waals surface area contributed by atoms with Gasteiger partial charge < -0.3 is 20.1 Å². The zero-order chi connectivity index (χ0) is 21.9. The van der Waals surface area contributed by atoms with Gasteiger partial charge in [0.15, 0.2) is 16.6 Å². The first-order valence-corrected chi connectivity index (χ1v) is 9.91. The van der Waals surface area contributed by atoms with Crippen molar-refractivity contribution in [1.82, 2.24) is 10.6 Å². The number of rotatable bonds is 5. The van der Waals surface area contributed by atoms with Gasteiger partial charge in [0.1, 0.15) is 12.4 Å². The zero-order valence-electron chi connectivity index (χ0n) is 17.4. The summed E-state index contributed by atoms with van der Waals surface area (Å²) in [6, 6.07) is 13.6. The van der Waals surface area contributed by atoms with Crippen LogP contribution in [0.4, 0.5) is 4.39 Å². The molecule has 0 aliphatic carbocycles. The Morgan fingerprint density at radius 2 is 1.83 bits per heavy atom. The highest BCUT2D eigenvalue weighted by Gasteiger charge is 2.32. The first-order chi connectivity index (χ1) is 14.2. The van der Waals surface area contributed by atoms with Gasteiger partial charge in [-0.05, 0) is 47.6 Å². The van der Waals surface area contributed by atoms with Crippen LogP contribution in [0.25, 0.3) is 0 Å². The maximum absolute atomic E-state index is 13.1. The van der Waals surface area contributed by atoms with Crippen molar-refractivity contribution >= 4 is 17.3 Å². The Bertz CT molecular complexity index is 1020. The second kappa shape index (κ2) is 8.72. The van der Waals surface area contributed by atoms with Gasteiger partial charge in [-0.1, -0.05) is 39.0 Å².